The van der Waals surface area contributed by atoms with Gasteiger partial charge in [-0.3, -0.25) is 4.99 Å². The number of guanidine groups is 1. The zero-order valence-electron chi connectivity index (χ0n) is 10.7. The first-order valence-corrected chi connectivity index (χ1v) is 6.44. The average molecular weight is 357 g/mol. The molecule has 0 atom stereocenters. The highest BCUT2D eigenvalue weighted by Gasteiger charge is 2.25. The molecular formula is C14H20IN3. The third-order valence-corrected chi connectivity index (χ3v) is 3.60. The van der Waals surface area contributed by atoms with Crippen LogP contribution in [0.25, 0.3) is 0 Å². The molecule has 1 fully saturated rings. The van der Waals surface area contributed by atoms with Gasteiger partial charge in [-0.15, -0.1) is 24.0 Å². The van der Waals surface area contributed by atoms with Crippen molar-refractivity contribution in [3.8, 4) is 0 Å². The molecule has 3 rings (SSSR count). The Morgan fingerprint density at radius 3 is 2.89 bits per heavy atom. The second-order valence-electron chi connectivity index (χ2n) is 4.90. The number of hydrogen-bond acceptors (Lipinski definition) is 1. The molecule has 98 valence electrons. The van der Waals surface area contributed by atoms with Crippen LogP contribution in [0.1, 0.15) is 18.4 Å². The molecule has 0 radical (unpaired) electrons. The number of fused-ring (bicyclic) bond motifs is 1. The molecule has 1 aliphatic heterocycles. The minimum atomic E-state index is 0. The summed E-state index contributed by atoms with van der Waals surface area (Å²) in [7, 11) is 1.87. The first-order valence-electron chi connectivity index (χ1n) is 6.44. The van der Waals surface area contributed by atoms with Gasteiger partial charge in [0.15, 0.2) is 5.96 Å². The van der Waals surface area contributed by atoms with Crippen LogP contribution in [-0.2, 0) is 6.42 Å². The van der Waals surface area contributed by atoms with Gasteiger partial charge in [-0.05, 0) is 36.8 Å². The average Bonchev–Trinajstić information content (AvgIpc) is 3.10. The Hall–Kier alpha value is -0.780. The van der Waals surface area contributed by atoms with Gasteiger partial charge < -0.3 is 10.2 Å². The Morgan fingerprint density at radius 2 is 2.17 bits per heavy atom. The zero-order chi connectivity index (χ0) is 11.7. The lowest BCUT2D eigenvalue weighted by atomic mass is 10.2. The van der Waals surface area contributed by atoms with Crippen LogP contribution in [-0.4, -0.2) is 26.1 Å². The fourth-order valence-corrected chi connectivity index (χ4v) is 2.41. The van der Waals surface area contributed by atoms with Crippen LogP contribution in [0.3, 0.4) is 0 Å². The van der Waals surface area contributed by atoms with Crippen LogP contribution in [0, 0.1) is 5.92 Å². The van der Waals surface area contributed by atoms with E-state index in [1.54, 1.807) is 0 Å². The van der Waals surface area contributed by atoms with Gasteiger partial charge in [0.05, 0.1) is 0 Å². The molecule has 0 unspecified atom stereocenters. The Balaban J connectivity index is 0.00000120. The summed E-state index contributed by atoms with van der Waals surface area (Å²) in [6, 6.07) is 8.61. The molecule has 18 heavy (non-hydrogen) atoms. The summed E-state index contributed by atoms with van der Waals surface area (Å²) in [6.07, 6.45) is 3.88. The number of nitrogens with zero attached hydrogens (tertiary/aromatic N) is 2. The molecule has 2 aliphatic rings. The first-order chi connectivity index (χ1) is 8.38. The Morgan fingerprint density at radius 1 is 1.39 bits per heavy atom. The molecule has 1 aromatic rings. The molecule has 1 N–H and O–H groups in total. The van der Waals surface area contributed by atoms with Crippen molar-refractivity contribution in [2.24, 2.45) is 10.9 Å². The van der Waals surface area contributed by atoms with Gasteiger partial charge in [0, 0.05) is 25.8 Å². The van der Waals surface area contributed by atoms with Crippen molar-refractivity contribution >= 4 is 35.6 Å². The molecule has 0 saturated heterocycles. The number of anilines is 1. The van der Waals surface area contributed by atoms with Crippen LogP contribution in [0.2, 0.25) is 0 Å². The minimum Gasteiger partial charge on any atom is -0.356 e. The van der Waals surface area contributed by atoms with Crippen LogP contribution in [0.5, 0.6) is 0 Å². The fourth-order valence-electron chi connectivity index (χ4n) is 2.41. The summed E-state index contributed by atoms with van der Waals surface area (Å²) < 4.78 is 0. The third kappa shape index (κ3) is 2.79. The van der Waals surface area contributed by atoms with Crippen molar-refractivity contribution in [2.75, 3.05) is 25.0 Å². The van der Waals surface area contributed by atoms with E-state index in [0.717, 1.165) is 31.4 Å². The quantitative estimate of drug-likeness (QED) is 0.501. The van der Waals surface area contributed by atoms with Crippen molar-refractivity contribution < 1.29 is 0 Å². The molecule has 3 nitrogen and oxygen atoms in total. The highest BCUT2D eigenvalue weighted by atomic mass is 127. The molecule has 1 saturated carbocycles. The minimum absolute atomic E-state index is 0. The molecule has 4 heteroatoms. The summed E-state index contributed by atoms with van der Waals surface area (Å²) >= 11 is 0. The van der Waals surface area contributed by atoms with Crippen molar-refractivity contribution in [2.45, 2.75) is 19.3 Å². The van der Waals surface area contributed by atoms with Crippen molar-refractivity contribution in [3.05, 3.63) is 29.8 Å². The monoisotopic (exact) mass is 357 g/mol. The fraction of sp³-hybridized carbons (Fsp3) is 0.500. The molecule has 0 spiro atoms. The maximum Gasteiger partial charge on any atom is 0.198 e. The van der Waals surface area contributed by atoms with Crippen molar-refractivity contribution in [1.29, 1.82) is 0 Å². The van der Waals surface area contributed by atoms with Crippen LogP contribution in [0.4, 0.5) is 5.69 Å². The lowest BCUT2D eigenvalue weighted by molar-refractivity contribution is 0.758. The number of halogens is 1. The first kappa shape index (κ1) is 13.6. The maximum atomic E-state index is 4.40. The number of benzene rings is 1. The summed E-state index contributed by atoms with van der Waals surface area (Å²) in [6.45, 7) is 2.12. The third-order valence-electron chi connectivity index (χ3n) is 3.60. The summed E-state index contributed by atoms with van der Waals surface area (Å²) in [5, 5.41) is 3.49. The van der Waals surface area contributed by atoms with Gasteiger partial charge >= 0.3 is 0 Å². The molecular weight excluding hydrogens is 337 g/mol. The topological polar surface area (TPSA) is 27.6 Å². The predicted octanol–water partition coefficient (Wildman–Crippen LogP) is 2.65. The lowest BCUT2D eigenvalue weighted by Crippen LogP contribution is -2.41. The van der Waals surface area contributed by atoms with E-state index in [0.29, 0.717) is 0 Å². The van der Waals surface area contributed by atoms with Gasteiger partial charge in [-0.25, -0.2) is 0 Å². The molecule has 0 bridgehead atoms. The second-order valence-corrected chi connectivity index (χ2v) is 4.90. The zero-order valence-corrected chi connectivity index (χ0v) is 13.1. The molecule has 0 amide bonds. The van der Waals surface area contributed by atoms with Gasteiger partial charge in [-0.1, -0.05) is 18.2 Å². The van der Waals surface area contributed by atoms with Gasteiger partial charge in [0.1, 0.15) is 0 Å². The Bertz CT molecular complexity index is 440. The molecule has 1 aromatic carbocycles. The summed E-state index contributed by atoms with van der Waals surface area (Å²) in [5.74, 6) is 1.91. The van der Waals surface area contributed by atoms with E-state index in [4.69, 9.17) is 0 Å². The molecule has 1 heterocycles. The number of aliphatic imine (C=N–C) groups is 1. The molecule has 0 aromatic heterocycles. The number of nitrogens with one attached hydrogen (secondary N) is 1. The van der Waals surface area contributed by atoms with E-state index in [1.165, 1.54) is 24.1 Å². The van der Waals surface area contributed by atoms with E-state index in [2.05, 4.69) is 39.5 Å². The van der Waals surface area contributed by atoms with Gasteiger partial charge in [0.25, 0.3) is 0 Å². The van der Waals surface area contributed by atoms with E-state index >= 15 is 0 Å². The number of para-hydroxylation sites is 1. The highest BCUT2D eigenvalue weighted by Crippen LogP contribution is 2.29. The van der Waals surface area contributed by atoms with Crippen LogP contribution < -0.4 is 10.2 Å². The Kier molecular flexibility index (Phi) is 4.48. The number of rotatable bonds is 2. The molecule has 1 aliphatic carbocycles. The second kappa shape index (κ2) is 5.91. The van der Waals surface area contributed by atoms with Gasteiger partial charge in [-0.2, -0.15) is 0 Å². The highest BCUT2D eigenvalue weighted by molar-refractivity contribution is 14.0. The van der Waals surface area contributed by atoms with Crippen molar-refractivity contribution in [1.82, 2.24) is 5.32 Å². The Labute approximate surface area is 126 Å². The summed E-state index contributed by atoms with van der Waals surface area (Å²) in [4.78, 5) is 6.70. The van der Waals surface area contributed by atoms with Crippen LogP contribution >= 0.6 is 24.0 Å². The van der Waals surface area contributed by atoms with Crippen LogP contribution in [0.15, 0.2) is 29.3 Å². The maximum absolute atomic E-state index is 4.40. The van der Waals surface area contributed by atoms with Crippen molar-refractivity contribution in [3.63, 3.8) is 0 Å². The standard InChI is InChI=1S/C14H19N3.HI/c1-15-14(16-10-11-6-7-11)17-9-8-12-4-2-3-5-13(12)17;/h2-5,11H,6-10H2,1H3,(H,15,16);1H. The van der Waals surface area contributed by atoms with E-state index in [1.807, 2.05) is 7.05 Å². The predicted molar refractivity (Wildman–Crippen MR) is 87.0 cm³/mol. The SMILES string of the molecule is CN=C(NCC1CC1)N1CCc2ccccc21.I. The smallest absolute Gasteiger partial charge is 0.198 e. The number of hydrogen-bond donors (Lipinski definition) is 1. The normalized spacial score (nSPS) is 18.3. The van der Waals surface area contributed by atoms with E-state index in [-0.39, 0.29) is 24.0 Å². The van der Waals surface area contributed by atoms with E-state index < -0.39 is 0 Å². The van der Waals surface area contributed by atoms with Gasteiger partial charge in [0.2, 0.25) is 0 Å². The largest absolute Gasteiger partial charge is 0.356 e. The lowest BCUT2D eigenvalue weighted by Gasteiger charge is -2.22. The van der Waals surface area contributed by atoms with E-state index in [9.17, 15) is 0 Å². The summed E-state index contributed by atoms with van der Waals surface area (Å²) in [5.41, 5.74) is 2.75.